The van der Waals surface area contributed by atoms with Crippen LogP contribution in [0.25, 0.3) is 0 Å². The number of halogens is 1. The monoisotopic (exact) mass is 254 g/mol. The van der Waals surface area contributed by atoms with E-state index in [1.54, 1.807) is 0 Å². The molecular weight excluding hydrogens is 248 g/mol. The van der Waals surface area contributed by atoms with Crippen molar-refractivity contribution < 1.29 is 14.3 Å². The van der Waals surface area contributed by atoms with Gasteiger partial charge in [0.25, 0.3) is 6.29 Å². The highest BCUT2D eigenvalue weighted by molar-refractivity contribution is 9.10. The minimum Gasteiger partial charge on any atom is -0.454 e. The molecule has 1 aliphatic rings. The first-order chi connectivity index (χ1) is 6.81. The van der Waals surface area contributed by atoms with E-state index >= 15 is 0 Å². The van der Waals surface area contributed by atoms with Gasteiger partial charge in [0.15, 0.2) is 12.0 Å². The van der Waals surface area contributed by atoms with Gasteiger partial charge in [0.05, 0.1) is 0 Å². The SMILES string of the molecule is O=CC1=COC(c2ccccc2Br)O1. The van der Waals surface area contributed by atoms with Crippen LogP contribution in [-0.4, -0.2) is 6.29 Å². The quantitative estimate of drug-likeness (QED) is 0.762. The average Bonchev–Trinajstić information content (AvgIpc) is 2.67. The molecule has 0 saturated carbocycles. The van der Waals surface area contributed by atoms with Crippen molar-refractivity contribution in [3.8, 4) is 0 Å². The lowest BCUT2D eigenvalue weighted by molar-refractivity contribution is -0.110. The van der Waals surface area contributed by atoms with E-state index in [-0.39, 0.29) is 5.76 Å². The van der Waals surface area contributed by atoms with Gasteiger partial charge in [-0.2, -0.15) is 0 Å². The summed E-state index contributed by atoms with van der Waals surface area (Å²) in [5, 5.41) is 0. The Labute approximate surface area is 89.5 Å². The molecule has 0 saturated heterocycles. The molecule has 1 aromatic carbocycles. The van der Waals surface area contributed by atoms with Gasteiger partial charge >= 0.3 is 0 Å². The predicted octanol–water partition coefficient (Wildman–Crippen LogP) is 2.53. The van der Waals surface area contributed by atoms with Crippen LogP contribution in [0, 0.1) is 0 Å². The van der Waals surface area contributed by atoms with Gasteiger partial charge in [0.2, 0.25) is 0 Å². The highest BCUT2D eigenvalue weighted by Gasteiger charge is 2.22. The van der Waals surface area contributed by atoms with Gasteiger partial charge in [0.1, 0.15) is 6.26 Å². The Hall–Kier alpha value is -1.29. The molecule has 1 heterocycles. The molecule has 1 aliphatic heterocycles. The van der Waals surface area contributed by atoms with Gasteiger partial charge in [-0.1, -0.05) is 34.1 Å². The number of allylic oxidation sites excluding steroid dienone is 1. The molecular formula is C10H7BrO3. The minimum atomic E-state index is -0.522. The predicted molar refractivity (Wildman–Crippen MR) is 53.2 cm³/mol. The Balaban J connectivity index is 2.20. The molecule has 0 aromatic heterocycles. The Morgan fingerprint density at radius 2 is 2.14 bits per heavy atom. The third-order valence-corrected chi connectivity index (χ3v) is 2.55. The van der Waals surface area contributed by atoms with Gasteiger partial charge in [-0.3, -0.25) is 4.79 Å². The summed E-state index contributed by atoms with van der Waals surface area (Å²) in [5.41, 5.74) is 0.862. The molecule has 72 valence electrons. The van der Waals surface area contributed by atoms with Crippen molar-refractivity contribution in [2.24, 2.45) is 0 Å². The van der Waals surface area contributed by atoms with Crippen LogP contribution in [0.4, 0.5) is 0 Å². The summed E-state index contributed by atoms with van der Waals surface area (Å²) in [4.78, 5) is 10.4. The van der Waals surface area contributed by atoms with E-state index in [1.165, 1.54) is 6.26 Å². The highest BCUT2D eigenvalue weighted by Crippen LogP contribution is 2.31. The molecule has 14 heavy (non-hydrogen) atoms. The fourth-order valence-electron chi connectivity index (χ4n) is 1.17. The second-order valence-electron chi connectivity index (χ2n) is 2.75. The first-order valence-corrected chi connectivity index (χ1v) is 4.82. The number of hydrogen-bond donors (Lipinski definition) is 0. The van der Waals surface area contributed by atoms with Crippen LogP contribution in [0.3, 0.4) is 0 Å². The first-order valence-electron chi connectivity index (χ1n) is 4.03. The maximum atomic E-state index is 10.4. The Bertz CT molecular complexity index is 387. The van der Waals surface area contributed by atoms with Crippen molar-refractivity contribution in [2.75, 3.05) is 0 Å². The van der Waals surface area contributed by atoms with Crippen LogP contribution in [0.15, 0.2) is 40.8 Å². The van der Waals surface area contributed by atoms with Crippen LogP contribution >= 0.6 is 15.9 Å². The molecule has 4 heteroatoms. The Kier molecular flexibility index (Phi) is 2.54. The number of rotatable bonds is 2. The van der Waals surface area contributed by atoms with E-state index in [2.05, 4.69) is 15.9 Å². The topological polar surface area (TPSA) is 35.5 Å². The van der Waals surface area contributed by atoms with Crippen LogP contribution in [-0.2, 0) is 14.3 Å². The summed E-state index contributed by atoms with van der Waals surface area (Å²) in [6.45, 7) is 0. The molecule has 0 N–H and O–H groups in total. The van der Waals surface area contributed by atoms with Crippen molar-refractivity contribution in [1.29, 1.82) is 0 Å². The maximum Gasteiger partial charge on any atom is 0.268 e. The van der Waals surface area contributed by atoms with E-state index in [0.29, 0.717) is 6.29 Å². The van der Waals surface area contributed by atoms with Crippen molar-refractivity contribution in [3.63, 3.8) is 0 Å². The van der Waals surface area contributed by atoms with Crippen molar-refractivity contribution in [1.82, 2.24) is 0 Å². The molecule has 3 nitrogen and oxygen atoms in total. The summed E-state index contributed by atoms with van der Waals surface area (Å²) < 4.78 is 11.3. The summed E-state index contributed by atoms with van der Waals surface area (Å²) in [6.07, 6.45) is 1.42. The standard InChI is InChI=1S/C10H7BrO3/c11-9-4-2-1-3-8(9)10-13-6-7(5-12)14-10/h1-6,10H. The third kappa shape index (κ3) is 1.65. The fourth-order valence-corrected chi connectivity index (χ4v) is 1.64. The normalized spacial score (nSPS) is 19.5. The minimum absolute atomic E-state index is 0.214. The third-order valence-electron chi connectivity index (χ3n) is 1.83. The summed E-state index contributed by atoms with van der Waals surface area (Å²) in [5.74, 6) is 0.214. The van der Waals surface area contributed by atoms with Gasteiger partial charge < -0.3 is 9.47 Å². The second-order valence-corrected chi connectivity index (χ2v) is 3.60. The number of benzene rings is 1. The van der Waals surface area contributed by atoms with Crippen LogP contribution in [0.5, 0.6) is 0 Å². The van der Waals surface area contributed by atoms with Crippen molar-refractivity contribution >= 4 is 22.2 Å². The zero-order valence-electron chi connectivity index (χ0n) is 7.14. The lowest BCUT2D eigenvalue weighted by atomic mass is 10.2. The number of aldehydes is 1. The number of carbonyl (C=O) groups is 1. The van der Waals surface area contributed by atoms with E-state index < -0.39 is 6.29 Å². The van der Waals surface area contributed by atoms with Gasteiger partial charge in [-0.15, -0.1) is 0 Å². The molecule has 2 rings (SSSR count). The average molecular weight is 255 g/mol. The van der Waals surface area contributed by atoms with E-state index in [9.17, 15) is 4.79 Å². The smallest absolute Gasteiger partial charge is 0.268 e. The van der Waals surface area contributed by atoms with Crippen LogP contribution in [0.1, 0.15) is 11.9 Å². The summed E-state index contributed by atoms with van der Waals surface area (Å²) >= 11 is 3.38. The largest absolute Gasteiger partial charge is 0.454 e. The molecule has 0 bridgehead atoms. The maximum absolute atomic E-state index is 10.4. The lowest BCUT2D eigenvalue weighted by Gasteiger charge is -2.12. The van der Waals surface area contributed by atoms with Crippen LogP contribution < -0.4 is 0 Å². The van der Waals surface area contributed by atoms with Crippen LogP contribution in [0.2, 0.25) is 0 Å². The molecule has 0 aliphatic carbocycles. The van der Waals surface area contributed by atoms with Crippen molar-refractivity contribution in [2.45, 2.75) is 6.29 Å². The lowest BCUT2D eigenvalue weighted by Crippen LogP contribution is -2.00. The molecule has 0 fully saturated rings. The highest BCUT2D eigenvalue weighted by atomic mass is 79.9. The number of carbonyl (C=O) groups excluding carboxylic acids is 1. The van der Waals surface area contributed by atoms with Gasteiger partial charge in [0, 0.05) is 10.0 Å². The summed E-state index contributed by atoms with van der Waals surface area (Å²) in [7, 11) is 0. The fraction of sp³-hybridized carbons (Fsp3) is 0.100. The van der Waals surface area contributed by atoms with E-state index in [0.717, 1.165) is 10.0 Å². The second kappa shape index (κ2) is 3.84. The summed E-state index contributed by atoms with van der Waals surface area (Å²) in [6, 6.07) is 7.54. The zero-order valence-corrected chi connectivity index (χ0v) is 8.73. The first kappa shape index (κ1) is 9.27. The molecule has 1 atom stereocenters. The molecule has 1 aromatic rings. The number of hydrogen-bond acceptors (Lipinski definition) is 3. The molecule has 0 radical (unpaired) electrons. The molecule has 0 spiro atoms. The number of ether oxygens (including phenoxy) is 2. The molecule has 0 amide bonds. The van der Waals surface area contributed by atoms with Crippen molar-refractivity contribution in [3.05, 3.63) is 46.3 Å². The van der Waals surface area contributed by atoms with Gasteiger partial charge in [-0.05, 0) is 6.07 Å². The zero-order chi connectivity index (χ0) is 9.97. The van der Waals surface area contributed by atoms with E-state index in [4.69, 9.17) is 9.47 Å². The van der Waals surface area contributed by atoms with E-state index in [1.807, 2.05) is 24.3 Å². The van der Waals surface area contributed by atoms with Gasteiger partial charge in [-0.25, -0.2) is 0 Å². The Morgan fingerprint density at radius 3 is 2.79 bits per heavy atom. The molecule has 1 unspecified atom stereocenters. The Morgan fingerprint density at radius 1 is 1.36 bits per heavy atom.